The molecular formula is C22H20N2O2. The molecule has 0 unspecified atom stereocenters. The quantitative estimate of drug-likeness (QED) is 0.431. The number of nitrogens with zero attached hydrogens (tertiary/aromatic N) is 1. The number of para-hydroxylation sites is 1. The highest BCUT2D eigenvalue weighted by molar-refractivity contribution is 6.04. The molecule has 4 aromatic rings. The number of nitrogens with one attached hydrogen (secondary N) is 1. The van der Waals surface area contributed by atoms with E-state index in [-0.39, 0.29) is 5.49 Å². The molecule has 2 aromatic heterocycles. The first kappa shape index (κ1) is 16.3. The van der Waals surface area contributed by atoms with Crippen LogP contribution in [0.25, 0.3) is 33.0 Å². The van der Waals surface area contributed by atoms with Crippen molar-refractivity contribution in [2.45, 2.75) is 26.3 Å². The zero-order chi connectivity index (χ0) is 18.1. The average molecular weight is 344 g/mol. The van der Waals surface area contributed by atoms with E-state index in [9.17, 15) is 4.79 Å². The minimum absolute atomic E-state index is 0.217. The summed E-state index contributed by atoms with van der Waals surface area (Å²) < 4.78 is 7.40. The minimum atomic E-state index is -0.450. The molecule has 1 N–H and O–H groups in total. The minimum Gasteiger partial charge on any atom is -0.422 e. The van der Waals surface area contributed by atoms with Crippen molar-refractivity contribution in [2.24, 2.45) is 0 Å². The lowest BCUT2D eigenvalue weighted by Crippen LogP contribution is -2.26. The summed E-state index contributed by atoms with van der Waals surface area (Å²) in [5, 5.41) is 10.7. The van der Waals surface area contributed by atoms with Crippen LogP contribution in [-0.2, 0) is 6.54 Å². The molecule has 0 saturated carbocycles. The van der Waals surface area contributed by atoms with E-state index in [1.165, 1.54) is 0 Å². The van der Waals surface area contributed by atoms with Gasteiger partial charge in [-0.25, -0.2) is 4.79 Å². The number of fused-ring (bicyclic) bond motifs is 3. The van der Waals surface area contributed by atoms with E-state index < -0.39 is 5.63 Å². The molecule has 0 bridgehead atoms. The Morgan fingerprint density at radius 3 is 2.50 bits per heavy atom. The number of unbranched alkanes of at least 4 members (excludes halogenated alkanes) is 1. The molecule has 4 nitrogen and oxygen atoms in total. The van der Waals surface area contributed by atoms with Gasteiger partial charge in [0.2, 0.25) is 0 Å². The molecule has 4 rings (SSSR count). The molecule has 0 spiro atoms. The lowest BCUT2D eigenvalue weighted by atomic mass is 10.0. The largest absolute Gasteiger partial charge is 0.422 e. The van der Waals surface area contributed by atoms with E-state index in [0.29, 0.717) is 17.5 Å². The Morgan fingerprint density at radius 1 is 1.00 bits per heavy atom. The van der Waals surface area contributed by atoms with E-state index in [4.69, 9.17) is 9.83 Å². The molecule has 0 aliphatic carbocycles. The molecular weight excluding hydrogens is 324 g/mol. The van der Waals surface area contributed by atoms with Crippen LogP contribution in [0.5, 0.6) is 0 Å². The Kier molecular flexibility index (Phi) is 4.17. The average Bonchev–Trinajstić information content (AvgIpc) is 2.67. The van der Waals surface area contributed by atoms with Crippen LogP contribution in [-0.4, -0.2) is 4.57 Å². The van der Waals surface area contributed by atoms with E-state index in [0.717, 1.165) is 34.9 Å². The van der Waals surface area contributed by atoms with Crippen LogP contribution < -0.4 is 11.1 Å². The van der Waals surface area contributed by atoms with E-state index in [1.54, 1.807) is 6.07 Å². The summed E-state index contributed by atoms with van der Waals surface area (Å²) >= 11 is 0. The molecule has 2 heterocycles. The smallest absolute Gasteiger partial charge is 0.347 e. The Morgan fingerprint density at radius 2 is 1.73 bits per heavy atom. The highest BCUT2D eigenvalue weighted by atomic mass is 16.4. The molecule has 130 valence electrons. The van der Waals surface area contributed by atoms with Gasteiger partial charge in [-0.05, 0) is 24.1 Å². The lowest BCUT2D eigenvalue weighted by molar-refractivity contribution is 0.564. The van der Waals surface area contributed by atoms with Crippen LogP contribution in [0, 0.1) is 5.41 Å². The van der Waals surface area contributed by atoms with Gasteiger partial charge in [-0.15, -0.1) is 0 Å². The standard InChI is InChI=1S/C22H20N2O2/c1-2-3-13-24-18(15-9-5-4-6-10-15)14-17-16-11-7-8-12-19(16)26-22(25)20(17)21(24)23/h4-12,14,23H,2-3,13H2,1H3. The van der Waals surface area contributed by atoms with Crippen molar-refractivity contribution in [3.8, 4) is 11.3 Å². The fourth-order valence-corrected chi connectivity index (χ4v) is 3.41. The molecule has 0 radical (unpaired) electrons. The molecule has 0 saturated heterocycles. The maximum atomic E-state index is 12.6. The van der Waals surface area contributed by atoms with Gasteiger partial charge in [-0.1, -0.05) is 61.9 Å². The highest BCUT2D eigenvalue weighted by Gasteiger charge is 2.15. The van der Waals surface area contributed by atoms with Gasteiger partial charge in [0.1, 0.15) is 16.5 Å². The van der Waals surface area contributed by atoms with Crippen molar-refractivity contribution in [1.82, 2.24) is 4.57 Å². The topological polar surface area (TPSA) is 59.0 Å². The molecule has 26 heavy (non-hydrogen) atoms. The van der Waals surface area contributed by atoms with Crippen molar-refractivity contribution in [1.29, 1.82) is 5.41 Å². The third-order valence-electron chi connectivity index (χ3n) is 4.74. The van der Waals surface area contributed by atoms with Crippen LogP contribution in [0.1, 0.15) is 19.8 Å². The Hall–Kier alpha value is -3.14. The maximum absolute atomic E-state index is 12.6. The van der Waals surface area contributed by atoms with Gasteiger partial charge in [0.15, 0.2) is 0 Å². The zero-order valence-electron chi connectivity index (χ0n) is 14.7. The van der Waals surface area contributed by atoms with Gasteiger partial charge in [0.05, 0.1) is 5.69 Å². The number of rotatable bonds is 4. The van der Waals surface area contributed by atoms with Gasteiger partial charge in [0, 0.05) is 17.3 Å². The zero-order valence-corrected chi connectivity index (χ0v) is 14.7. The van der Waals surface area contributed by atoms with Crippen molar-refractivity contribution < 1.29 is 4.42 Å². The van der Waals surface area contributed by atoms with Crippen molar-refractivity contribution >= 4 is 21.7 Å². The van der Waals surface area contributed by atoms with Crippen molar-refractivity contribution in [3.63, 3.8) is 0 Å². The summed E-state index contributed by atoms with van der Waals surface area (Å²) in [7, 11) is 0. The van der Waals surface area contributed by atoms with Crippen molar-refractivity contribution in [2.75, 3.05) is 0 Å². The Balaban J connectivity index is 2.16. The summed E-state index contributed by atoms with van der Waals surface area (Å²) in [6.07, 6.45) is 1.96. The van der Waals surface area contributed by atoms with Crippen LogP contribution >= 0.6 is 0 Å². The molecule has 0 fully saturated rings. The van der Waals surface area contributed by atoms with E-state index in [1.807, 2.05) is 59.2 Å². The number of hydrogen-bond donors (Lipinski definition) is 1. The summed E-state index contributed by atoms with van der Waals surface area (Å²) in [5.74, 6) is 0. The first-order valence-corrected chi connectivity index (χ1v) is 8.90. The van der Waals surface area contributed by atoms with E-state index in [2.05, 4.69) is 6.92 Å². The number of benzene rings is 2. The van der Waals surface area contributed by atoms with Gasteiger partial charge in [-0.2, -0.15) is 0 Å². The Labute approximate surface area is 150 Å². The molecule has 0 aliphatic heterocycles. The van der Waals surface area contributed by atoms with Crippen LogP contribution in [0.3, 0.4) is 0 Å². The summed E-state index contributed by atoms with van der Waals surface area (Å²) in [6.45, 7) is 2.82. The summed E-state index contributed by atoms with van der Waals surface area (Å²) in [5.41, 5.74) is 2.31. The van der Waals surface area contributed by atoms with Crippen LogP contribution in [0.2, 0.25) is 0 Å². The van der Waals surface area contributed by atoms with E-state index >= 15 is 0 Å². The van der Waals surface area contributed by atoms with Gasteiger partial charge in [0.25, 0.3) is 0 Å². The van der Waals surface area contributed by atoms with Crippen molar-refractivity contribution in [3.05, 3.63) is 76.6 Å². The number of hydrogen-bond acceptors (Lipinski definition) is 3. The van der Waals surface area contributed by atoms with Gasteiger partial charge < -0.3 is 8.98 Å². The monoisotopic (exact) mass is 344 g/mol. The third-order valence-corrected chi connectivity index (χ3v) is 4.74. The predicted molar refractivity (Wildman–Crippen MR) is 104 cm³/mol. The number of pyridine rings is 1. The molecule has 0 aliphatic rings. The summed E-state index contributed by atoms with van der Waals surface area (Å²) in [6, 6.07) is 19.6. The van der Waals surface area contributed by atoms with Crippen LogP contribution in [0.15, 0.2) is 69.9 Å². The molecule has 0 amide bonds. The second-order valence-corrected chi connectivity index (χ2v) is 6.42. The molecule has 0 atom stereocenters. The predicted octanol–water partition coefficient (Wildman–Crippen LogP) is 4.69. The molecule has 4 heteroatoms. The third kappa shape index (κ3) is 2.64. The highest BCUT2D eigenvalue weighted by Crippen LogP contribution is 2.26. The Bertz CT molecular complexity index is 1200. The summed E-state index contributed by atoms with van der Waals surface area (Å²) in [4.78, 5) is 12.6. The second kappa shape index (κ2) is 6.64. The van der Waals surface area contributed by atoms with Gasteiger partial charge in [-0.3, -0.25) is 5.41 Å². The first-order valence-electron chi connectivity index (χ1n) is 8.90. The van der Waals surface area contributed by atoms with Crippen LogP contribution in [0.4, 0.5) is 0 Å². The first-order chi connectivity index (χ1) is 12.7. The van der Waals surface area contributed by atoms with Gasteiger partial charge >= 0.3 is 5.63 Å². The molecule has 2 aromatic carbocycles. The second-order valence-electron chi connectivity index (χ2n) is 6.42. The lowest BCUT2D eigenvalue weighted by Gasteiger charge is -2.16. The SMILES string of the molecule is CCCCn1c(-c2ccccc2)cc2c(c(=O)oc3ccccc32)c1=N. The fraction of sp³-hybridized carbons (Fsp3) is 0.182. The maximum Gasteiger partial charge on any atom is 0.347 e. The normalized spacial score (nSPS) is 11.3. The number of aromatic nitrogens is 1. The fourth-order valence-electron chi connectivity index (χ4n) is 3.41.